The van der Waals surface area contributed by atoms with Crippen LogP contribution in [0, 0.1) is 12.8 Å². The summed E-state index contributed by atoms with van der Waals surface area (Å²) in [5.74, 6) is 1.26. The SMILES string of the molecule is COc1ccc([C@H](N)[C@H](O)C2CC2)cc1C.Cl. The average Bonchev–Trinajstić information content (AvgIpc) is 3.11. The summed E-state index contributed by atoms with van der Waals surface area (Å²) in [6, 6.07) is 5.55. The van der Waals surface area contributed by atoms with Crippen molar-refractivity contribution in [1.82, 2.24) is 0 Å². The Bertz CT molecular complexity index is 380. The summed E-state index contributed by atoms with van der Waals surface area (Å²) >= 11 is 0. The van der Waals surface area contributed by atoms with Crippen LogP contribution in [-0.4, -0.2) is 18.3 Å². The number of benzene rings is 1. The monoisotopic (exact) mass is 257 g/mol. The van der Waals surface area contributed by atoms with Crippen molar-refractivity contribution in [3.63, 3.8) is 0 Å². The topological polar surface area (TPSA) is 55.5 Å². The number of hydrogen-bond acceptors (Lipinski definition) is 3. The molecule has 0 amide bonds. The molecule has 0 spiro atoms. The van der Waals surface area contributed by atoms with Crippen LogP contribution in [0.15, 0.2) is 18.2 Å². The van der Waals surface area contributed by atoms with Crippen LogP contribution in [-0.2, 0) is 0 Å². The first-order valence-corrected chi connectivity index (χ1v) is 5.71. The van der Waals surface area contributed by atoms with Crippen LogP contribution in [0.3, 0.4) is 0 Å². The molecule has 96 valence electrons. The number of nitrogens with two attached hydrogens (primary N) is 1. The predicted octanol–water partition coefficient (Wildman–Crippen LogP) is 2.20. The minimum absolute atomic E-state index is 0. The molecule has 0 saturated heterocycles. The van der Waals surface area contributed by atoms with Crippen molar-refractivity contribution < 1.29 is 9.84 Å². The van der Waals surface area contributed by atoms with Gasteiger partial charge in [-0.3, -0.25) is 0 Å². The van der Waals surface area contributed by atoms with Crippen LogP contribution in [0.5, 0.6) is 5.75 Å². The van der Waals surface area contributed by atoms with Crippen LogP contribution in [0.2, 0.25) is 0 Å². The van der Waals surface area contributed by atoms with E-state index in [1.165, 1.54) is 0 Å². The van der Waals surface area contributed by atoms with Crippen molar-refractivity contribution in [1.29, 1.82) is 0 Å². The fourth-order valence-electron chi connectivity index (χ4n) is 2.04. The normalized spacial score (nSPS) is 18.1. The van der Waals surface area contributed by atoms with E-state index in [0.717, 1.165) is 29.7 Å². The highest BCUT2D eigenvalue weighted by Crippen LogP contribution is 2.37. The Hall–Kier alpha value is -0.770. The third-order valence-corrected chi connectivity index (χ3v) is 3.28. The van der Waals surface area contributed by atoms with E-state index in [0.29, 0.717) is 5.92 Å². The highest BCUT2D eigenvalue weighted by molar-refractivity contribution is 5.85. The van der Waals surface area contributed by atoms with Crippen molar-refractivity contribution in [2.75, 3.05) is 7.11 Å². The Morgan fingerprint density at radius 3 is 2.53 bits per heavy atom. The zero-order valence-corrected chi connectivity index (χ0v) is 11.0. The van der Waals surface area contributed by atoms with Gasteiger partial charge in [0.2, 0.25) is 0 Å². The lowest BCUT2D eigenvalue weighted by molar-refractivity contribution is 0.122. The summed E-state index contributed by atoms with van der Waals surface area (Å²) in [7, 11) is 1.65. The number of aryl methyl sites for hydroxylation is 1. The maximum Gasteiger partial charge on any atom is 0.121 e. The van der Waals surface area contributed by atoms with E-state index in [1.807, 2.05) is 25.1 Å². The van der Waals surface area contributed by atoms with Crippen LogP contribution in [0.1, 0.15) is 30.0 Å². The molecule has 3 N–H and O–H groups in total. The van der Waals surface area contributed by atoms with Gasteiger partial charge in [0.25, 0.3) is 0 Å². The number of rotatable bonds is 4. The molecule has 1 saturated carbocycles. The van der Waals surface area contributed by atoms with Gasteiger partial charge in [-0.25, -0.2) is 0 Å². The fraction of sp³-hybridized carbons (Fsp3) is 0.538. The number of hydrogen-bond donors (Lipinski definition) is 2. The molecule has 2 rings (SSSR count). The second-order valence-corrected chi connectivity index (χ2v) is 4.58. The maximum absolute atomic E-state index is 9.97. The Balaban J connectivity index is 0.00000144. The van der Waals surface area contributed by atoms with Gasteiger partial charge >= 0.3 is 0 Å². The molecule has 17 heavy (non-hydrogen) atoms. The van der Waals surface area contributed by atoms with Crippen molar-refractivity contribution in [3.8, 4) is 5.75 Å². The summed E-state index contributed by atoms with van der Waals surface area (Å²) < 4.78 is 5.20. The second kappa shape index (κ2) is 5.71. The molecule has 0 aromatic heterocycles. The lowest BCUT2D eigenvalue weighted by Crippen LogP contribution is -2.27. The predicted molar refractivity (Wildman–Crippen MR) is 70.6 cm³/mol. The quantitative estimate of drug-likeness (QED) is 0.870. The average molecular weight is 258 g/mol. The molecule has 1 aliphatic carbocycles. The molecule has 1 aromatic carbocycles. The Morgan fingerprint density at radius 2 is 2.06 bits per heavy atom. The van der Waals surface area contributed by atoms with E-state index >= 15 is 0 Å². The van der Waals surface area contributed by atoms with Crippen LogP contribution in [0.4, 0.5) is 0 Å². The van der Waals surface area contributed by atoms with Crippen molar-refractivity contribution in [2.24, 2.45) is 11.7 Å². The highest BCUT2D eigenvalue weighted by atomic mass is 35.5. The minimum Gasteiger partial charge on any atom is -0.496 e. The van der Waals surface area contributed by atoms with Crippen LogP contribution < -0.4 is 10.5 Å². The van der Waals surface area contributed by atoms with Crippen molar-refractivity contribution in [2.45, 2.75) is 31.9 Å². The van der Waals surface area contributed by atoms with Gasteiger partial charge in [0.15, 0.2) is 0 Å². The van der Waals surface area contributed by atoms with E-state index in [1.54, 1.807) is 7.11 Å². The number of aliphatic hydroxyl groups is 1. The third kappa shape index (κ3) is 3.12. The van der Waals surface area contributed by atoms with Crippen LogP contribution >= 0.6 is 12.4 Å². The van der Waals surface area contributed by atoms with E-state index in [4.69, 9.17) is 10.5 Å². The molecule has 3 nitrogen and oxygen atoms in total. The lowest BCUT2D eigenvalue weighted by Gasteiger charge is -2.19. The molecule has 0 bridgehead atoms. The number of ether oxygens (including phenoxy) is 1. The first-order valence-electron chi connectivity index (χ1n) is 5.71. The van der Waals surface area contributed by atoms with Gasteiger partial charge in [-0.1, -0.05) is 12.1 Å². The van der Waals surface area contributed by atoms with Crippen molar-refractivity contribution >= 4 is 12.4 Å². The van der Waals surface area contributed by atoms with Crippen LogP contribution in [0.25, 0.3) is 0 Å². The minimum atomic E-state index is -0.409. The zero-order chi connectivity index (χ0) is 11.7. The summed E-state index contributed by atoms with van der Waals surface area (Å²) in [5.41, 5.74) is 8.09. The van der Waals surface area contributed by atoms with Gasteiger partial charge < -0.3 is 15.6 Å². The van der Waals surface area contributed by atoms with Gasteiger partial charge in [0.05, 0.1) is 19.3 Å². The zero-order valence-electron chi connectivity index (χ0n) is 10.2. The Kier molecular flexibility index (Phi) is 4.80. The highest BCUT2D eigenvalue weighted by Gasteiger charge is 2.34. The molecule has 2 atom stereocenters. The van der Waals surface area contributed by atoms with Gasteiger partial charge in [0, 0.05) is 0 Å². The summed E-state index contributed by atoms with van der Waals surface area (Å²) in [6.07, 6.45) is 1.79. The molecule has 0 aliphatic heterocycles. The Labute approximate surface area is 108 Å². The molecule has 1 fully saturated rings. The summed E-state index contributed by atoms with van der Waals surface area (Å²) in [4.78, 5) is 0. The number of methoxy groups -OCH3 is 1. The smallest absolute Gasteiger partial charge is 0.121 e. The molecule has 1 aliphatic rings. The van der Waals surface area contributed by atoms with E-state index < -0.39 is 6.10 Å². The molecule has 4 heteroatoms. The van der Waals surface area contributed by atoms with Gasteiger partial charge in [-0.05, 0) is 42.9 Å². The molecular formula is C13H20ClNO2. The van der Waals surface area contributed by atoms with E-state index in [2.05, 4.69) is 0 Å². The van der Waals surface area contributed by atoms with E-state index in [9.17, 15) is 5.11 Å². The van der Waals surface area contributed by atoms with Gasteiger partial charge in [0.1, 0.15) is 5.75 Å². The molecule has 0 unspecified atom stereocenters. The van der Waals surface area contributed by atoms with E-state index in [-0.39, 0.29) is 18.4 Å². The molecule has 1 aromatic rings. The Morgan fingerprint density at radius 1 is 1.41 bits per heavy atom. The molecular weight excluding hydrogens is 238 g/mol. The number of aliphatic hydroxyl groups excluding tert-OH is 1. The second-order valence-electron chi connectivity index (χ2n) is 4.58. The standard InChI is InChI=1S/C13H19NO2.ClH/c1-8-7-10(5-6-11(8)16-2)12(14)13(15)9-3-4-9;/h5-7,9,12-13,15H,3-4,14H2,1-2H3;1H/t12-,13+;/m0./s1. The van der Waals surface area contributed by atoms with Gasteiger partial charge in [-0.2, -0.15) is 0 Å². The molecule has 0 radical (unpaired) electrons. The lowest BCUT2D eigenvalue weighted by atomic mass is 9.97. The molecule has 0 heterocycles. The third-order valence-electron chi connectivity index (χ3n) is 3.28. The first-order chi connectivity index (χ1) is 7.63. The first kappa shape index (κ1) is 14.3. The largest absolute Gasteiger partial charge is 0.496 e. The van der Waals surface area contributed by atoms with Crippen molar-refractivity contribution in [3.05, 3.63) is 29.3 Å². The number of halogens is 1. The van der Waals surface area contributed by atoms with Gasteiger partial charge in [-0.15, -0.1) is 12.4 Å². The fourth-order valence-corrected chi connectivity index (χ4v) is 2.04. The summed E-state index contributed by atoms with van der Waals surface area (Å²) in [6.45, 7) is 1.98. The maximum atomic E-state index is 9.97. The summed E-state index contributed by atoms with van der Waals surface area (Å²) in [5, 5.41) is 9.97.